The number of rotatable bonds is 4. The standard InChI is InChI=1S/C14H18FNO3/c1-14(4-2-3-5-19-14)9-16-12-7-10(13(17)18)6-11(15)8-12/h6-8,16H,2-5,9H2,1H3,(H,17,18). The van der Waals surface area contributed by atoms with E-state index in [1.54, 1.807) is 0 Å². The fourth-order valence-corrected chi connectivity index (χ4v) is 2.24. The van der Waals surface area contributed by atoms with Gasteiger partial charge in [-0.05, 0) is 44.4 Å². The van der Waals surface area contributed by atoms with Crippen LogP contribution in [-0.2, 0) is 4.74 Å². The maximum Gasteiger partial charge on any atom is 0.335 e. The third-order valence-electron chi connectivity index (χ3n) is 3.36. The van der Waals surface area contributed by atoms with E-state index in [1.165, 1.54) is 12.1 Å². The highest BCUT2D eigenvalue weighted by Crippen LogP contribution is 2.25. The maximum atomic E-state index is 13.3. The largest absolute Gasteiger partial charge is 0.478 e. The highest BCUT2D eigenvalue weighted by Gasteiger charge is 2.27. The van der Waals surface area contributed by atoms with Crippen LogP contribution in [0.4, 0.5) is 10.1 Å². The Morgan fingerprint density at radius 2 is 2.26 bits per heavy atom. The van der Waals surface area contributed by atoms with Crippen molar-refractivity contribution in [1.82, 2.24) is 0 Å². The van der Waals surface area contributed by atoms with Gasteiger partial charge in [-0.2, -0.15) is 0 Å². The van der Waals surface area contributed by atoms with E-state index in [9.17, 15) is 9.18 Å². The van der Waals surface area contributed by atoms with Crippen LogP contribution in [0.25, 0.3) is 0 Å². The maximum absolute atomic E-state index is 13.3. The number of nitrogens with one attached hydrogen (secondary N) is 1. The monoisotopic (exact) mass is 267 g/mol. The molecule has 104 valence electrons. The van der Waals surface area contributed by atoms with Gasteiger partial charge >= 0.3 is 5.97 Å². The number of benzene rings is 1. The van der Waals surface area contributed by atoms with Crippen LogP contribution >= 0.6 is 0 Å². The average Bonchev–Trinajstić information content (AvgIpc) is 2.37. The molecule has 1 aromatic carbocycles. The summed E-state index contributed by atoms with van der Waals surface area (Å²) >= 11 is 0. The van der Waals surface area contributed by atoms with Gasteiger partial charge in [-0.25, -0.2) is 9.18 Å². The molecule has 1 atom stereocenters. The second-order valence-electron chi connectivity index (χ2n) is 5.14. The Morgan fingerprint density at radius 3 is 2.89 bits per heavy atom. The highest BCUT2D eigenvalue weighted by atomic mass is 19.1. The molecule has 1 unspecified atom stereocenters. The molecule has 0 spiro atoms. The zero-order valence-corrected chi connectivity index (χ0v) is 10.9. The second kappa shape index (κ2) is 5.57. The number of carboxylic acid groups (broad SMARTS) is 1. The lowest BCUT2D eigenvalue weighted by molar-refractivity contribution is -0.0550. The first-order valence-corrected chi connectivity index (χ1v) is 6.40. The van der Waals surface area contributed by atoms with E-state index in [2.05, 4.69) is 5.32 Å². The van der Waals surface area contributed by atoms with Gasteiger partial charge in [0.25, 0.3) is 0 Å². The van der Waals surface area contributed by atoms with Crippen LogP contribution in [0, 0.1) is 5.82 Å². The Labute approximate surface area is 111 Å². The third-order valence-corrected chi connectivity index (χ3v) is 3.36. The molecule has 1 fully saturated rings. The minimum atomic E-state index is -1.14. The molecule has 0 bridgehead atoms. The Bertz CT molecular complexity index is 470. The summed E-state index contributed by atoms with van der Waals surface area (Å²) in [5, 5.41) is 11.9. The van der Waals surface area contributed by atoms with Crippen molar-refractivity contribution >= 4 is 11.7 Å². The van der Waals surface area contributed by atoms with Crippen molar-refractivity contribution in [2.75, 3.05) is 18.5 Å². The molecule has 1 aromatic rings. The Morgan fingerprint density at radius 1 is 1.47 bits per heavy atom. The molecular formula is C14H18FNO3. The van der Waals surface area contributed by atoms with Crippen LogP contribution in [0.5, 0.6) is 0 Å². The summed E-state index contributed by atoms with van der Waals surface area (Å²) in [5.74, 6) is -1.69. The molecule has 0 aromatic heterocycles. The van der Waals surface area contributed by atoms with E-state index in [4.69, 9.17) is 9.84 Å². The Balaban J connectivity index is 2.04. The molecular weight excluding hydrogens is 249 g/mol. The van der Waals surface area contributed by atoms with Gasteiger partial charge in [0.2, 0.25) is 0 Å². The van der Waals surface area contributed by atoms with Gasteiger partial charge < -0.3 is 15.2 Å². The van der Waals surface area contributed by atoms with E-state index < -0.39 is 11.8 Å². The molecule has 2 N–H and O–H groups in total. The molecule has 5 heteroatoms. The fraction of sp³-hybridized carbons (Fsp3) is 0.500. The van der Waals surface area contributed by atoms with Crippen molar-refractivity contribution in [3.8, 4) is 0 Å². The topological polar surface area (TPSA) is 58.6 Å². The quantitative estimate of drug-likeness (QED) is 0.880. The zero-order valence-electron chi connectivity index (χ0n) is 10.9. The first kappa shape index (κ1) is 13.8. The summed E-state index contributed by atoms with van der Waals surface area (Å²) in [4.78, 5) is 10.9. The van der Waals surface area contributed by atoms with Crippen molar-refractivity contribution in [2.24, 2.45) is 0 Å². The number of carbonyl (C=O) groups is 1. The summed E-state index contributed by atoms with van der Waals surface area (Å²) in [6.07, 6.45) is 3.13. The number of aromatic carboxylic acids is 1. The van der Waals surface area contributed by atoms with E-state index in [0.29, 0.717) is 12.2 Å². The predicted molar refractivity (Wildman–Crippen MR) is 70.1 cm³/mol. The van der Waals surface area contributed by atoms with Gasteiger partial charge in [0.15, 0.2) is 0 Å². The summed E-state index contributed by atoms with van der Waals surface area (Å²) in [6, 6.07) is 3.72. The van der Waals surface area contributed by atoms with Crippen LogP contribution in [0.2, 0.25) is 0 Å². The summed E-state index contributed by atoms with van der Waals surface area (Å²) in [6.45, 7) is 3.29. The molecule has 1 saturated heterocycles. The van der Waals surface area contributed by atoms with E-state index in [1.807, 2.05) is 6.92 Å². The van der Waals surface area contributed by atoms with Crippen LogP contribution in [0.3, 0.4) is 0 Å². The molecule has 1 aliphatic rings. The van der Waals surface area contributed by atoms with Gasteiger partial charge in [-0.1, -0.05) is 0 Å². The van der Waals surface area contributed by atoms with Crippen molar-refractivity contribution < 1.29 is 19.0 Å². The molecule has 4 nitrogen and oxygen atoms in total. The number of hydrogen-bond acceptors (Lipinski definition) is 3. The fourth-order valence-electron chi connectivity index (χ4n) is 2.24. The van der Waals surface area contributed by atoms with E-state index in [0.717, 1.165) is 31.9 Å². The van der Waals surface area contributed by atoms with Gasteiger partial charge in [0, 0.05) is 18.8 Å². The molecule has 0 aliphatic carbocycles. The zero-order chi connectivity index (χ0) is 13.9. The van der Waals surface area contributed by atoms with Crippen molar-refractivity contribution in [3.05, 3.63) is 29.6 Å². The van der Waals surface area contributed by atoms with Crippen LogP contribution in [0.1, 0.15) is 36.5 Å². The Hall–Kier alpha value is -1.62. The lowest BCUT2D eigenvalue weighted by Gasteiger charge is -2.34. The third kappa shape index (κ3) is 3.67. The smallest absolute Gasteiger partial charge is 0.335 e. The molecule has 1 heterocycles. The molecule has 2 rings (SSSR count). The number of anilines is 1. The minimum absolute atomic E-state index is 0.0581. The van der Waals surface area contributed by atoms with Crippen molar-refractivity contribution in [3.63, 3.8) is 0 Å². The van der Waals surface area contributed by atoms with Crippen molar-refractivity contribution in [1.29, 1.82) is 0 Å². The number of carboxylic acids is 1. The SMILES string of the molecule is CC1(CNc2cc(F)cc(C(=O)O)c2)CCCCO1. The van der Waals surface area contributed by atoms with Crippen LogP contribution < -0.4 is 5.32 Å². The number of hydrogen-bond donors (Lipinski definition) is 2. The molecule has 0 saturated carbocycles. The molecule has 0 amide bonds. The van der Waals surface area contributed by atoms with Crippen LogP contribution in [0.15, 0.2) is 18.2 Å². The average molecular weight is 267 g/mol. The first-order chi connectivity index (χ1) is 8.98. The minimum Gasteiger partial charge on any atom is -0.478 e. The van der Waals surface area contributed by atoms with Gasteiger partial charge in [-0.3, -0.25) is 0 Å². The number of halogens is 1. The summed E-state index contributed by atoms with van der Waals surface area (Å²) < 4.78 is 19.0. The van der Waals surface area contributed by atoms with Crippen LogP contribution in [-0.4, -0.2) is 29.8 Å². The first-order valence-electron chi connectivity index (χ1n) is 6.40. The van der Waals surface area contributed by atoms with E-state index in [-0.39, 0.29) is 11.2 Å². The van der Waals surface area contributed by atoms with Gasteiger partial charge in [0.05, 0.1) is 11.2 Å². The van der Waals surface area contributed by atoms with Gasteiger partial charge in [0.1, 0.15) is 5.82 Å². The predicted octanol–water partition coefficient (Wildman–Crippen LogP) is 2.90. The lowest BCUT2D eigenvalue weighted by atomic mass is 9.96. The second-order valence-corrected chi connectivity index (χ2v) is 5.14. The van der Waals surface area contributed by atoms with Gasteiger partial charge in [-0.15, -0.1) is 0 Å². The Kier molecular flexibility index (Phi) is 4.04. The molecule has 0 radical (unpaired) electrons. The summed E-state index contributed by atoms with van der Waals surface area (Å²) in [5.41, 5.74) is 0.138. The molecule has 19 heavy (non-hydrogen) atoms. The van der Waals surface area contributed by atoms with Crippen molar-refractivity contribution in [2.45, 2.75) is 31.8 Å². The lowest BCUT2D eigenvalue weighted by Crippen LogP contribution is -2.39. The highest BCUT2D eigenvalue weighted by molar-refractivity contribution is 5.88. The molecule has 1 aliphatic heterocycles. The normalized spacial score (nSPS) is 23.1. The number of ether oxygens (including phenoxy) is 1. The van der Waals surface area contributed by atoms with E-state index >= 15 is 0 Å². The summed E-state index contributed by atoms with van der Waals surface area (Å²) in [7, 11) is 0.